The van der Waals surface area contributed by atoms with E-state index in [0.717, 1.165) is 19.6 Å². The van der Waals surface area contributed by atoms with Crippen molar-refractivity contribution in [1.29, 1.82) is 0 Å². The number of carbonyl (C=O) groups excluding carboxylic acids is 1. The van der Waals surface area contributed by atoms with Crippen LogP contribution < -0.4 is 10.1 Å². The maximum atomic E-state index is 12.7. The fraction of sp³-hybridized carbons (Fsp3) is 0.350. The van der Waals surface area contributed by atoms with Gasteiger partial charge >= 0.3 is 0 Å². The summed E-state index contributed by atoms with van der Waals surface area (Å²) in [6, 6.07) is 17.2. The Morgan fingerprint density at radius 3 is 2.68 bits per heavy atom. The molecule has 4 nitrogen and oxygen atoms in total. The molecule has 25 heavy (non-hydrogen) atoms. The van der Waals surface area contributed by atoms with Crippen LogP contribution in [0, 0.1) is 0 Å². The van der Waals surface area contributed by atoms with E-state index in [9.17, 15) is 4.79 Å². The predicted octanol–water partition coefficient (Wildman–Crippen LogP) is 3.15. The lowest BCUT2D eigenvalue weighted by molar-refractivity contribution is -0.128. The van der Waals surface area contributed by atoms with Gasteiger partial charge in [-0.05, 0) is 36.8 Å². The highest BCUT2D eigenvalue weighted by atomic mass is 35.5. The number of hydrogen-bond donors (Lipinski definition) is 1. The molecule has 1 aliphatic rings. The van der Waals surface area contributed by atoms with Gasteiger partial charge in [0.25, 0.3) is 0 Å². The lowest BCUT2D eigenvalue weighted by Gasteiger charge is -2.34. The summed E-state index contributed by atoms with van der Waals surface area (Å²) in [6.07, 6.45) is -0.504. The Labute approximate surface area is 153 Å². The summed E-state index contributed by atoms with van der Waals surface area (Å²) in [5, 5.41) is 3.97. The van der Waals surface area contributed by atoms with Gasteiger partial charge in [0.2, 0.25) is 0 Å². The van der Waals surface area contributed by atoms with Crippen molar-refractivity contribution in [3.8, 4) is 5.75 Å². The normalized spacial score (nSPS) is 19.4. The number of hydrogen-bond acceptors (Lipinski definition) is 4. The molecule has 0 aromatic heterocycles. The molecule has 2 aromatic carbocycles. The maximum Gasteiger partial charge on any atom is 0.191 e. The molecule has 5 heteroatoms. The SMILES string of the molecule is CC(Oc1ccc(Cl)cc1)C(=O)C1CN(Cc2ccccc2)CCN1. The molecule has 2 unspecified atom stereocenters. The Morgan fingerprint density at radius 1 is 1.24 bits per heavy atom. The Hall–Kier alpha value is -1.88. The van der Waals surface area contributed by atoms with E-state index in [1.807, 2.05) is 18.2 Å². The lowest BCUT2D eigenvalue weighted by Crippen LogP contribution is -2.56. The van der Waals surface area contributed by atoms with Crippen LogP contribution in [-0.4, -0.2) is 42.5 Å². The minimum Gasteiger partial charge on any atom is -0.483 e. The first-order valence-electron chi connectivity index (χ1n) is 8.57. The Morgan fingerprint density at radius 2 is 1.96 bits per heavy atom. The van der Waals surface area contributed by atoms with Crippen LogP contribution >= 0.6 is 11.6 Å². The number of ether oxygens (including phenoxy) is 1. The van der Waals surface area contributed by atoms with E-state index in [2.05, 4.69) is 22.3 Å². The van der Waals surface area contributed by atoms with E-state index in [-0.39, 0.29) is 11.8 Å². The van der Waals surface area contributed by atoms with E-state index in [1.54, 1.807) is 31.2 Å². The molecule has 1 saturated heterocycles. The smallest absolute Gasteiger partial charge is 0.191 e. The van der Waals surface area contributed by atoms with Crippen LogP contribution in [0.4, 0.5) is 0 Å². The molecule has 1 N–H and O–H groups in total. The molecule has 0 spiro atoms. The number of halogens is 1. The van der Waals surface area contributed by atoms with Crippen molar-refractivity contribution < 1.29 is 9.53 Å². The summed E-state index contributed by atoms with van der Waals surface area (Å²) >= 11 is 5.88. The van der Waals surface area contributed by atoms with Crippen LogP contribution in [0.25, 0.3) is 0 Å². The zero-order valence-electron chi connectivity index (χ0n) is 14.3. The van der Waals surface area contributed by atoms with Crippen molar-refractivity contribution in [2.75, 3.05) is 19.6 Å². The first-order valence-corrected chi connectivity index (χ1v) is 8.95. The van der Waals surface area contributed by atoms with Crippen LogP contribution in [0.15, 0.2) is 54.6 Å². The minimum absolute atomic E-state index is 0.0766. The topological polar surface area (TPSA) is 41.6 Å². The first kappa shape index (κ1) is 17.9. The molecule has 1 fully saturated rings. The number of ketones is 1. The van der Waals surface area contributed by atoms with E-state index in [0.29, 0.717) is 17.3 Å². The van der Waals surface area contributed by atoms with E-state index >= 15 is 0 Å². The van der Waals surface area contributed by atoms with Crippen molar-refractivity contribution in [3.05, 3.63) is 65.2 Å². The second-order valence-electron chi connectivity index (χ2n) is 6.34. The molecule has 1 aliphatic heterocycles. The van der Waals surface area contributed by atoms with Crippen molar-refractivity contribution in [3.63, 3.8) is 0 Å². The third-order valence-corrected chi connectivity index (χ3v) is 4.63. The lowest BCUT2D eigenvalue weighted by atomic mass is 10.0. The quantitative estimate of drug-likeness (QED) is 0.861. The summed E-state index contributed by atoms with van der Waals surface area (Å²) in [4.78, 5) is 15.0. The number of carbonyl (C=O) groups is 1. The highest BCUT2D eigenvalue weighted by Crippen LogP contribution is 2.18. The largest absolute Gasteiger partial charge is 0.483 e. The monoisotopic (exact) mass is 358 g/mol. The van der Waals surface area contributed by atoms with Crippen molar-refractivity contribution in [2.24, 2.45) is 0 Å². The summed E-state index contributed by atoms with van der Waals surface area (Å²) < 4.78 is 5.77. The Bertz CT molecular complexity index is 691. The van der Waals surface area contributed by atoms with Crippen LogP contribution in [-0.2, 0) is 11.3 Å². The molecule has 3 rings (SSSR count). The van der Waals surface area contributed by atoms with Crippen LogP contribution in [0.1, 0.15) is 12.5 Å². The molecular weight excluding hydrogens is 336 g/mol. The molecule has 2 aromatic rings. The molecule has 0 amide bonds. The fourth-order valence-corrected chi connectivity index (χ4v) is 3.17. The summed E-state index contributed by atoms with van der Waals surface area (Å²) in [5.41, 5.74) is 1.26. The van der Waals surface area contributed by atoms with Gasteiger partial charge in [-0.3, -0.25) is 9.69 Å². The molecule has 132 valence electrons. The van der Waals surface area contributed by atoms with Gasteiger partial charge in [0.15, 0.2) is 11.9 Å². The Kier molecular flexibility index (Phi) is 6.08. The van der Waals surface area contributed by atoms with Crippen molar-refractivity contribution in [1.82, 2.24) is 10.2 Å². The van der Waals surface area contributed by atoms with E-state index in [1.165, 1.54) is 5.56 Å². The molecule has 0 bridgehead atoms. The third kappa shape index (κ3) is 5.05. The molecule has 2 atom stereocenters. The predicted molar refractivity (Wildman–Crippen MR) is 100 cm³/mol. The van der Waals surface area contributed by atoms with E-state index in [4.69, 9.17) is 16.3 Å². The molecule has 0 aliphatic carbocycles. The second kappa shape index (κ2) is 8.48. The van der Waals surface area contributed by atoms with Crippen LogP contribution in [0.2, 0.25) is 5.02 Å². The Balaban J connectivity index is 1.56. The molecule has 1 heterocycles. The number of piperazine rings is 1. The van der Waals surface area contributed by atoms with Gasteiger partial charge in [0, 0.05) is 31.2 Å². The first-order chi connectivity index (χ1) is 12.1. The molecule has 0 saturated carbocycles. The number of rotatable bonds is 6. The number of nitrogens with one attached hydrogen (secondary N) is 1. The van der Waals surface area contributed by atoms with Gasteiger partial charge in [0.1, 0.15) is 5.75 Å². The molecular formula is C20H23ClN2O2. The highest BCUT2D eigenvalue weighted by Gasteiger charge is 2.29. The minimum atomic E-state index is -0.504. The number of benzene rings is 2. The van der Waals surface area contributed by atoms with Gasteiger partial charge < -0.3 is 10.1 Å². The van der Waals surface area contributed by atoms with Gasteiger partial charge in [0.05, 0.1) is 6.04 Å². The zero-order valence-corrected chi connectivity index (χ0v) is 15.1. The third-order valence-electron chi connectivity index (χ3n) is 4.38. The van der Waals surface area contributed by atoms with Crippen LogP contribution in [0.5, 0.6) is 5.75 Å². The fourth-order valence-electron chi connectivity index (χ4n) is 3.05. The van der Waals surface area contributed by atoms with E-state index < -0.39 is 6.10 Å². The second-order valence-corrected chi connectivity index (χ2v) is 6.78. The summed E-state index contributed by atoms with van der Waals surface area (Å²) in [6.45, 7) is 5.09. The van der Waals surface area contributed by atoms with Crippen molar-refractivity contribution >= 4 is 17.4 Å². The average molecular weight is 359 g/mol. The summed E-state index contributed by atoms with van der Waals surface area (Å²) in [7, 11) is 0. The summed E-state index contributed by atoms with van der Waals surface area (Å²) in [5.74, 6) is 0.731. The van der Waals surface area contributed by atoms with Gasteiger partial charge in [-0.1, -0.05) is 41.9 Å². The highest BCUT2D eigenvalue weighted by molar-refractivity contribution is 6.30. The average Bonchev–Trinajstić information content (AvgIpc) is 2.64. The number of nitrogens with zero attached hydrogens (tertiary/aromatic N) is 1. The van der Waals surface area contributed by atoms with Gasteiger partial charge in [-0.2, -0.15) is 0 Å². The maximum absolute atomic E-state index is 12.7. The standard InChI is InChI=1S/C20H23ClN2O2/c1-15(25-18-9-7-17(21)8-10-18)20(24)19-14-23(12-11-22-19)13-16-5-3-2-4-6-16/h2-10,15,19,22H,11-14H2,1H3. The van der Waals surface area contributed by atoms with Gasteiger partial charge in [-0.15, -0.1) is 0 Å². The zero-order chi connectivity index (χ0) is 17.6. The molecule has 0 radical (unpaired) electrons. The van der Waals surface area contributed by atoms with Crippen molar-refractivity contribution in [2.45, 2.75) is 25.6 Å². The number of Topliss-reactive ketones (excluding diaryl/α,β-unsaturated/α-hetero) is 1. The van der Waals surface area contributed by atoms with Crippen LogP contribution in [0.3, 0.4) is 0 Å². The van der Waals surface area contributed by atoms with Gasteiger partial charge in [-0.25, -0.2) is 0 Å².